The van der Waals surface area contributed by atoms with Gasteiger partial charge >= 0.3 is 0 Å². The zero-order chi connectivity index (χ0) is 25.5. The summed E-state index contributed by atoms with van der Waals surface area (Å²) in [6.45, 7) is 2.78. The number of imidazole rings is 1. The lowest BCUT2D eigenvalue weighted by atomic mass is 9.89. The number of aromatic nitrogens is 8. The van der Waals surface area contributed by atoms with E-state index in [9.17, 15) is 0 Å². The van der Waals surface area contributed by atoms with Gasteiger partial charge in [0.2, 0.25) is 5.88 Å². The maximum Gasteiger partial charge on any atom is 0.238 e. The lowest BCUT2D eigenvalue weighted by molar-refractivity contribution is 0.396. The Balaban J connectivity index is 1.37. The van der Waals surface area contributed by atoms with Crippen LogP contribution in [0.2, 0.25) is 0 Å². The minimum atomic E-state index is 0.117. The largest absolute Gasteiger partial charge is 0.496 e. The summed E-state index contributed by atoms with van der Waals surface area (Å²) >= 11 is 0. The molecule has 188 valence electrons. The molecule has 0 spiro atoms. The van der Waals surface area contributed by atoms with Crippen LogP contribution in [0.1, 0.15) is 35.8 Å². The second kappa shape index (κ2) is 9.20. The van der Waals surface area contributed by atoms with Gasteiger partial charge in [-0.15, -0.1) is 5.10 Å². The molecule has 0 radical (unpaired) electrons. The molecule has 0 aliphatic carbocycles. The molecular weight excluding hydrogens is 468 g/mol. The fourth-order valence-corrected chi connectivity index (χ4v) is 4.96. The molecule has 6 rings (SSSR count). The number of nitrogens with zero attached hydrogens (tertiary/aromatic N) is 8. The number of fused-ring (bicyclic) bond motifs is 1. The number of hydrogen-bond donors (Lipinski definition) is 0. The fraction of sp³-hybridized carbons (Fsp3) is 0.296. The van der Waals surface area contributed by atoms with Gasteiger partial charge in [-0.25, -0.2) is 19.6 Å². The summed E-state index contributed by atoms with van der Waals surface area (Å²) in [4.78, 5) is 14.0. The Morgan fingerprint density at radius 2 is 1.92 bits per heavy atom. The van der Waals surface area contributed by atoms with E-state index in [0.29, 0.717) is 17.4 Å². The molecule has 1 aromatic carbocycles. The van der Waals surface area contributed by atoms with E-state index >= 15 is 0 Å². The summed E-state index contributed by atoms with van der Waals surface area (Å²) < 4.78 is 17.0. The number of hydrogen-bond acceptors (Lipinski definition) is 7. The first-order valence-corrected chi connectivity index (χ1v) is 12.2. The first-order valence-electron chi connectivity index (χ1n) is 12.2. The normalized spacial score (nSPS) is 15.0. The zero-order valence-corrected chi connectivity index (χ0v) is 21.3. The van der Waals surface area contributed by atoms with Crippen LogP contribution in [0.4, 0.5) is 0 Å². The van der Waals surface area contributed by atoms with E-state index in [-0.39, 0.29) is 5.92 Å². The van der Waals surface area contributed by atoms with Crippen molar-refractivity contribution in [3.8, 4) is 40.0 Å². The van der Waals surface area contributed by atoms with Crippen molar-refractivity contribution in [3.63, 3.8) is 0 Å². The number of aryl methyl sites for hydroxylation is 3. The van der Waals surface area contributed by atoms with Crippen molar-refractivity contribution >= 4 is 0 Å². The highest BCUT2D eigenvalue weighted by atomic mass is 16.5. The highest BCUT2D eigenvalue weighted by Crippen LogP contribution is 2.38. The van der Waals surface area contributed by atoms with Gasteiger partial charge in [-0.05, 0) is 49.6 Å². The molecule has 1 aliphatic heterocycles. The average Bonchev–Trinajstić information content (AvgIpc) is 3.67. The Kier molecular flexibility index (Phi) is 5.71. The van der Waals surface area contributed by atoms with Gasteiger partial charge < -0.3 is 14.0 Å². The van der Waals surface area contributed by atoms with Crippen LogP contribution < -0.4 is 9.47 Å². The molecule has 0 fully saturated rings. The van der Waals surface area contributed by atoms with Gasteiger partial charge in [-0.2, -0.15) is 5.10 Å². The van der Waals surface area contributed by atoms with E-state index in [4.69, 9.17) is 24.5 Å². The smallest absolute Gasteiger partial charge is 0.238 e. The third-order valence-electron chi connectivity index (χ3n) is 6.77. The summed E-state index contributed by atoms with van der Waals surface area (Å²) in [5, 5.41) is 9.16. The molecule has 0 amide bonds. The summed E-state index contributed by atoms with van der Waals surface area (Å²) in [7, 11) is 5.22. The van der Waals surface area contributed by atoms with Gasteiger partial charge in [0.25, 0.3) is 0 Å². The van der Waals surface area contributed by atoms with Crippen LogP contribution in [-0.2, 0) is 13.6 Å². The van der Waals surface area contributed by atoms with Gasteiger partial charge in [-0.1, -0.05) is 6.07 Å². The summed E-state index contributed by atoms with van der Waals surface area (Å²) in [6.07, 6.45) is 9.55. The van der Waals surface area contributed by atoms with Crippen molar-refractivity contribution in [2.45, 2.75) is 32.2 Å². The lowest BCUT2D eigenvalue weighted by Gasteiger charge is -2.23. The SMILES string of the molecule is COc1ccc([C@@H]2CCCn3nc(-c4ccc(-n5cnc(C)c5)c(OC)n4)nc32)cc1-c1cnn(C)c1. The number of ether oxygens (including phenoxy) is 2. The maximum atomic E-state index is 5.65. The monoisotopic (exact) mass is 496 g/mol. The van der Waals surface area contributed by atoms with E-state index in [1.807, 2.05) is 60.0 Å². The number of methoxy groups -OCH3 is 2. The first kappa shape index (κ1) is 23.0. The predicted octanol–water partition coefficient (Wildman–Crippen LogP) is 4.18. The lowest BCUT2D eigenvalue weighted by Crippen LogP contribution is -2.18. The van der Waals surface area contributed by atoms with Gasteiger partial charge in [0.05, 0.1) is 32.4 Å². The molecule has 10 nitrogen and oxygen atoms in total. The quantitative estimate of drug-likeness (QED) is 0.348. The third kappa shape index (κ3) is 4.14. The van der Waals surface area contributed by atoms with E-state index in [2.05, 4.69) is 22.2 Å². The summed E-state index contributed by atoms with van der Waals surface area (Å²) in [6, 6.07) is 10.2. The van der Waals surface area contributed by atoms with Crippen LogP contribution in [0.5, 0.6) is 11.6 Å². The fourth-order valence-electron chi connectivity index (χ4n) is 4.96. The van der Waals surface area contributed by atoms with Gasteiger partial charge in [0.15, 0.2) is 5.82 Å². The van der Waals surface area contributed by atoms with Crippen LogP contribution in [-0.4, -0.2) is 53.3 Å². The molecule has 10 heteroatoms. The first-order chi connectivity index (χ1) is 18.0. The highest BCUT2D eigenvalue weighted by Gasteiger charge is 2.28. The number of benzene rings is 1. The molecule has 1 atom stereocenters. The molecule has 0 saturated carbocycles. The molecule has 37 heavy (non-hydrogen) atoms. The third-order valence-corrected chi connectivity index (χ3v) is 6.77. The van der Waals surface area contributed by atoms with Crippen molar-refractivity contribution in [1.29, 1.82) is 0 Å². The Hall–Kier alpha value is -4.47. The molecule has 1 aliphatic rings. The Bertz CT molecular complexity index is 1580. The number of rotatable bonds is 6. The molecule has 0 bridgehead atoms. The minimum absolute atomic E-state index is 0.117. The molecule has 0 saturated heterocycles. The molecule has 0 N–H and O–H groups in total. The van der Waals surface area contributed by atoms with Gasteiger partial charge in [-0.3, -0.25) is 4.68 Å². The maximum absolute atomic E-state index is 5.65. The summed E-state index contributed by atoms with van der Waals surface area (Å²) in [5.74, 6) is 2.97. The zero-order valence-electron chi connectivity index (χ0n) is 21.3. The van der Waals surface area contributed by atoms with Crippen LogP contribution in [0, 0.1) is 6.92 Å². The van der Waals surface area contributed by atoms with Crippen molar-refractivity contribution in [2.24, 2.45) is 7.05 Å². The van der Waals surface area contributed by atoms with Gasteiger partial charge in [0.1, 0.15) is 23.0 Å². The Morgan fingerprint density at radius 1 is 1.03 bits per heavy atom. The standard InChI is InChI=1S/C27H28N8O2/c1-17-14-34(16-28-17)23-9-8-22(30-27(23)37-4)25-31-26-20(6-5-11-35(26)32-25)18-7-10-24(36-3)21(12-18)19-13-29-33(2)15-19/h7-10,12-16,20H,5-6,11H2,1-4H3/t20-/m0/s1. The van der Waals surface area contributed by atoms with Crippen molar-refractivity contribution in [1.82, 2.24) is 39.1 Å². The van der Waals surface area contributed by atoms with E-state index in [0.717, 1.165) is 53.5 Å². The predicted molar refractivity (Wildman–Crippen MR) is 138 cm³/mol. The van der Waals surface area contributed by atoms with Crippen LogP contribution in [0.3, 0.4) is 0 Å². The molecule has 0 unspecified atom stereocenters. The molecular formula is C27H28N8O2. The minimum Gasteiger partial charge on any atom is -0.496 e. The van der Waals surface area contributed by atoms with Crippen LogP contribution in [0.15, 0.2) is 55.2 Å². The average molecular weight is 497 g/mol. The van der Waals surface area contributed by atoms with Crippen LogP contribution >= 0.6 is 0 Å². The Labute approximate surface area is 214 Å². The topological polar surface area (TPSA) is 97.7 Å². The van der Waals surface area contributed by atoms with Crippen molar-refractivity contribution < 1.29 is 9.47 Å². The second-order valence-electron chi connectivity index (χ2n) is 9.22. The van der Waals surface area contributed by atoms with E-state index < -0.39 is 0 Å². The molecule has 5 heterocycles. The van der Waals surface area contributed by atoms with Crippen molar-refractivity contribution in [2.75, 3.05) is 14.2 Å². The Morgan fingerprint density at radius 3 is 2.65 bits per heavy atom. The highest BCUT2D eigenvalue weighted by molar-refractivity contribution is 5.70. The van der Waals surface area contributed by atoms with Crippen molar-refractivity contribution in [3.05, 3.63) is 72.3 Å². The molecule has 4 aromatic heterocycles. The van der Waals surface area contributed by atoms with Gasteiger partial charge in [0, 0.05) is 43.0 Å². The second-order valence-corrected chi connectivity index (χ2v) is 9.22. The van der Waals surface area contributed by atoms with E-state index in [1.165, 1.54) is 5.56 Å². The van der Waals surface area contributed by atoms with E-state index in [1.54, 1.807) is 25.2 Å². The van der Waals surface area contributed by atoms with Crippen LogP contribution in [0.25, 0.3) is 28.3 Å². The molecule has 5 aromatic rings. The summed E-state index contributed by atoms with van der Waals surface area (Å²) in [5.41, 5.74) is 5.62. The number of pyridine rings is 1.